The Hall–Kier alpha value is -4.37. The van der Waals surface area contributed by atoms with Crippen LogP contribution >= 0.6 is 0 Å². The van der Waals surface area contributed by atoms with Crippen LogP contribution in [-0.4, -0.2) is 104 Å². The van der Waals surface area contributed by atoms with Gasteiger partial charge in [-0.15, -0.1) is 0 Å². The Morgan fingerprint density at radius 1 is 0.927 bits per heavy atom. The number of carboxylic acid groups (broad SMARTS) is 1. The Kier molecular flexibility index (Phi) is 11.7. The van der Waals surface area contributed by atoms with E-state index in [1.165, 1.54) is 18.2 Å². The zero-order valence-corrected chi connectivity index (χ0v) is 22.3. The number of amides is 6. The summed E-state index contributed by atoms with van der Waals surface area (Å²) in [5.41, 5.74) is 0.00225. The van der Waals surface area contributed by atoms with Crippen molar-refractivity contribution >= 4 is 41.4 Å². The van der Waals surface area contributed by atoms with Gasteiger partial charge in [0, 0.05) is 32.4 Å². The summed E-state index contributed by atoms with van der Waals surface area (Å²) in [7, 11) is 0. The predicted octanol–water partition coefficient (Wildman–Crippen LogP) is -1.01. The fraction of sp³-hybridized carbons (Fsp3) is 0.500. The molecule has 1 fully saturated rings. The third kappa shape index (κ3) is 9.08. The van der Waals surface area contributed by atoms with E-state index in [0.717, 1.165) is 4.90 Å². The molecule has 2 aliphatic heterocycles. The van der Waals surface area contributed by atoms with Gasteiger partial charge in [-0.05, 0) is 25.0 Å². The summed E-state index contributed by atoms with van der Waals surface area (Å²) in [6, 6.07) is 3.26. The number of aliphatic carboxylic acids is 1. The molecule has 0 aromatic heterocycles. The lowest BCUT2D eigenvalue weighted by atomic mass is 10.0. The molecule has 1 atom stereocenters. The van der Waals surface area contributed by atoms with E-state index in [-0.39, 0.29) is 87.9 Å². The van der Waals surface area contributed by atoms with Crippen LogP contribution in [0.25, 0.3) is 0 Å². The molecule has 15 heteroatoms. The molecular formula is C26H32N4O11. The van der Waals surface area contributed by atoms with E-state index >= 15 is 0 Å². The minimum absolute atomic E-state index is 0.00252. The lowest BCUT2D eigenvalue weighted by Crippen LogP contribution is -2.54. The van der Waals surface area contributed by atoms with E-state index in [1.807, 2.05) is 0 Å². The fourth-order valence-corrected chi connectivity index (χ4v) is 4.13. The second-order valence-electron chi connectivity index (χ2n) is 9.09. The molecule has 1 saturated heterocycles. The molecule has 1 aromatic rings. The summed E-state index contributed by atoms with van der Waals surface area (Å²) in [4.78, 5) is 84.5. The Bertz CT molecular complexity index is 1190. The molecule has 0 radical (unpaired) electrons. The number of nitrogens with one attached hydrogen (secondary N) is 3. The zero-order chi connectivity index (χ0) is 29.8. The smallest absolute Gasteiger partial charge is 0.303 e. The van der Waals surface area contributed by atoms with Gasteiger partial charge in [0.25, 0.3) is 17.7 Å². The molecule has 0 saturated carbocycles. The molecule has 6 amide bonds. The van der Waals surface area contributed by atoms with Crippen molar-refractivity contribution in [1.82, 2.24) is 20.9 Å². The first-order chi connectivity index (χ1) is 19.7. The summed E-state index contributed by atoms with van der Waals surface area (Å²) in [5, 5.41) is 15.9. The number of nitrogens with zero attached hydrogens (tertiary/aromatic N) is 1. The summed E-state index contributed by atoms with van der Waals surface area (Å²) < 4.78 is 16.2. The predicted molar refractivity (Wildman–Crippen MR) is 138 cm³/mol. The molecule has 0 spiro atoms. The second kappa shape index (κ2) is 15.4. The number of rotatable bonds is 17. The molecule has 4 N–H and O–H groups in total. The average molecular weight is 577 g/mol. The maximum Gasteiger partial charge on any atom is 0.303 e. The Balaban J connectivity index is 1.30. The van der Waals surface area contributed by atoms with Crippen LogP contribution in [0.4, 0.5) is 0 Å². The quantitative estimate of drug-likeness (QED) is 0.130. The highest BCUT2D eigenvalue weighted by Gasteiger charge is 2.46. The third-order valence-corrected chi connectivity index (χ3v) is 6.09. The third-order valence-electron chi connectivity index (χ3n) is 6.09. The first kappa shape index (κ1) is 31.2. The summed E-state index contributed by atoms with van der Waals surface area (Å²) in [6.45, 7) is 1.04. The van der Waals surface area contributed by atoms with Crippen LogP contribution in [0.2, 0.25) is 0 Å². The molecule has 222 valence electrons. The lowest BCUT2D eigenvalue weighted by Gasteiger charge is -2.27. The van der Waals surface area contributed by atoms with Gasteiger partial charge in [0.1, 0.15) is 11.8 Å². The highest BCUT2D eigenvalue weighted by molar-refractivity contribution is 6.24. The number of fused-ring (bicyclic) bond motifs is 1. The first-order valence-corrected chi connectivity index (χ1v) is 13.1. The molecule has 1 unspecified atom stereocenters. The average Bonchev–Trinajstić information content (AvgIpc) is 3.18. The SMILES string of the molecule is O=C(O)CCCC(=O)NCCOCCOCCNC(=O)COc1cccc2c1C(=O)N(C1CCC(=O)NC1=O)C2=O. The van der Waals surface area contributed by atoms with Gasteiger partial charge >= 0.3 is 5.97 Å². The van der Waals surface area contributed by atoms with Crippen LogP contribution in [0.5, 0.6) is 5.75 Å². The minimum Gasteiger partial charge on any atom is -0.483 e. The van der Waals surface area contributed by atoms with Gasteiger partial charge in [0.05, 0.1) is 37.6 Å². The van der Waals surface area contributed by atoms with Gasteiger partial charge < -0.3 is 30.0 Å². The monoisotopic (exact) mass is 576 g/mol. The van der Waals surface area contributed by atoms with E-state index in [2.05, 4.69) is 16.0 Å². The van der Waals surface area contributed by atoms with Crippen molar-refractivity contribution in [2.24, 2.45) is 0 Å². The Morgan fingerprint density at radius 2 is 1.61 bits per heavy atom. The summed E-state index contributed by atoms with van der Waals surface area (Å²) >= 11 is 0. The molecule has 15 nitrogen and oxygen atoms in total. The van der Waals surface area contributed by atoms with Crippen molar-refractivity contribution in [2.75, 3.05) is 46.1 Å². The van der Waals surface area contributed by atoms with Crippen molar-refractivity contribution in [2.45, 2.75) is 38.1 Å². The number of benzene rings is 1. The van der Waals surface area contributed by atoms with E-state index in [1.54, 1.807) is 0 Å². The van der Waals surface area contributed by atoms with Crippen molar-refractivity contribution < 1.29 is 52.9 Å². The number of hydrogen-bond donors (Lipinski definition) is 4. The van der Waals surface area contributed by atoms with Crippen molar-refractivity contribution in [3.05, 3.63) is 29.3 Å². The molecule has 3 rings (SSSR count). The maximum atomic E-state index is 13.0. The fourth-order valence-electron chi connectivity index (χ4n) is 4.13. The molecule has 0 aliphatic carbocycles. The number of carboxylic acids is 1. The largest absolute Gasteiger partial charge is 0.483 e. The number of carbonyl (C=O) groups is 7. The number of imide groups is 2. The molecule has 41 heavy (non-hydrogen) atoms. The van der Waals surface area contributed by atoms with E-state index in [0.29, 0.717) is 6.54 Å². The summed E-state index contributed by atoms with van der Waals surface area (Å²) in [5.74, 6) is -4.24. The Labute approximate surface area is 234 Å². The minimum atomic E-state index is -1.11. The topological polar surface area (TPSA) is 207 Å². The number of piperidine rings is 1. The van der Waals surface area contributed by atoms with Crippen molar-refractivity contribution in [3.63, 3.8) is 0 Å². The van der Waals surface area contributed by atoms with Gasteiger partial charge in [-0.2, -0.15) is 0 Å². The molecule has 2 heterocycles. The molecule has 0 bridgehead atoms. The number of ether oxygens (including phenoxy) is 3. The number of hydrogen-bond acceptors (Lipinski definition) is 10. The normalized spacial score (nSPS) is 16.3. The second-order valence-corrected chi connectivity index (χ2v) is 9.09. The standard InChI is InChI=1S/C26H32N4O11/c31-19(5-2-6-22(34)35)27-9-11-39-13-14-40-12-10-28-21(33)15-41-18-4-1-3-16-23(18)26(38)30(25(16)37)17-7-8-20(32)29-24(17)36/h1,3-4,17H,2,5-15H2,(H,27,31)(H,28,33)(H,34,35)(H,29,32,36). The summed E-state index contributed by atoms with van der Waals surface area (Å²) in [6.07, 6.45) is 0.389. The van der Waals surface area contributed by atoms with Crippen molar-refractivity contribution in [1.29, 1.82) is 0 Å². The Morgan fingerprint density at radius 3 is 2.27 bits per heavy atom. The van der Waals surface area contributed by atoms with Crippen LogP contribution in [-0.2, 0) is 33.4 Å². The van der Waals surface area contributed by atoms with Gasteiger partial charge in [0.15, 0.2) is 6.61 Å². The van der Waals surface area contributed by atoms with Gasteiger partial charge in [-0.25, -0.2) is 0 Å². The van der Waals surface area contributed by atoms with Crippen LogP contribution < -0.4 is 20.7 Å². The van der Waals surface area contributed by atoms with Crippen LogP contribution in [0.3, 0.4) is 0 Å². The van der Waals surface area contributed by atoms with Crippen LogP contribution in [0.15, 0.2) is 18.2 Å². The lowest BCUT2D eigenvalue weighted by molar-refractivity contribution is -0.138. The van der Waals surface area contributed by atoms with Crippen molar-refractivity contribution in [3.8, 4) is 5.75 Å². The first-order valence-electron chi connectivity index (χ1n) is 13.1. The van der Waals surface area contributed by atoms with Crippen LogP contribution in [0.1, 0.15) is 52.8 Å². The maximum absolute atomic E-state index is 13.0. The number of carbonyl (C=O) groups excluding carboxylic acids is 6. The molecular weight excluding hydrogens is 544 g/mol. The van der Waals surface area contributed by atoms with E-state index < -0.39 is 48.2 Å². The zero-order valence-electron chi connectivity index (χ0n) is 22.3. The highest BCUT2D eigenvalue weighted by atomic mass is 16.5. The van der Waals surface area contributed by atoms with Gasteiger partial charge in [-0.1, -0.05) is 6.07 Å². The molecule has 2 aliphatic rings. The van der Waals surface area contributed by atoms with E-state index in [4.69, 9.17) is 19.3 Å². The molecule has 1 aromatic carbocycles. The van der Waals surface area contributed by atoms with Gasteiger partial charge in [-0.3, -0.25) is 43.8 Å². The highest BCUT2D eigenvalue weighted by Crippen LogP contribution is 2.33. The van der Waals surface area contributed by atoms with E-state index in [9.17, 15) is 33.6 Å². The van der Waals surface area contributed by atoms with Crippen LogP contribution in [0, 0.1) is 0 Å². The van der Waals surface area contributed by atoms with Gasteiger partial charge in [0.2, 0.25) is 17.7 Å².